The molecular weight excluding hydrogens is 304 g/mol. The predicted molar refractivity (Wildman–Crippen MR) is 95.1 cm³/mol. The number of benzene rings is 2. The Morgan fingerprint density at radius 3 is 2.46 bits per heavy atom. The van der Waals surface area contributed by atoms with Crippen molar-refractivity contribution >= 4 is 16.6 Å². The summed E-state index contributed by atoms with van der Waals surface area (Å²) >= 11 is 0. The zero-order valence-corrected chi connectivity index (χ0v) is 14.0. The second-order valence-electron chi connectivity index (χ2n) is 5.36. The van der Waals surface area contributed by atoms with Crippen molar-refractivity contribution in [3.63, 3.8) is 0 Å². The Morgan fingerprint density at radius 2 is 1.79 bits per heavy atom. The molecule has 0 unspecified atom stereocenters. The summed E-state index contributed by atoms with van der Waals surface area (Å²) in [7, 11) is 1.59. The van der Waals surface area contributed by atoms with E-state index in [2.05, 4.69) is 4.98 Å². The maximum absolute atomic E-state index is 6.11. The lowest BCUT2D eigenvalue weighted by Gasteiger charge is -2.16. The molecule has 0 saturated carbocycles. The predicted octanol–water partition coefficient (Wildman–Crippen LogP) is 4.33. The first-order valence-corrected chi connectivity index (χ1v) is 7.76. The number of rotatable bonds is 5. The van der Waals surface area contributed by atoms with Crippen LogP contribution in [-0.4, -0.2) is 18.7 Å². The smallest absolute Gasteiger partial charge is 0.179 e. The number of nitrogens with two attached hydrogens (primary N) is 1. The summed E-state index contributed by atoms with van der Waals surface area (Å²) in [6.07, 6.45) is 1.74. The molecule has 0 aliphatic rings. The molecule has 0 radical (unpaired) electrons. The molecule has 0 fully saturated rings. The Kier molecular flexibility index (Phi) is 4.42. The van der Waals surface area contributed by atoms with Crippen molar-refractivity contribution < 1.29 is 14.2 Å². The normalized spacial score (nSPS) is 10.6. The summed E-state index contributed by atoms with van der Waals surface area (Å²) in [6.45, 7) is 4.57. The van der Waals surface area contributed by atoms with Crippen LogP contribution in [0, 0.1) is 6.92 Å². The average Bonchev–Trinajstić information content (AvgIpc) is 2.59. The van der Waals surface area contributed by atoms with Gasteiger partial charge in [-0.15, -0.1) is 0 Å². The highest BCUT2D eigenvalue weighted by Gasteiger charge is 2.16. The molecule has 2 aromatic carbocycles. The van der Waals surface area contributed by atoms with E-state index in [1.165, 1.54) is 0 Å². The highest BCUT2D eigenvalue weighted by molar-refractivity contribution is 5.98. The number of methoxy groups -OCH3 is 1. The van der Waals surface area contributed by atoms with Crippen molar-refractivity contribution in [3.05, 3.63) is 48.2 Å². The third kappa shape index (κ3) is 2.93. The van der Waals surface area contributed by atoms with Crippen LogP contribution in [0.4, 0.5) is 5.69 Å². The molecule has 0 spiro atoms. The first-order valence-electron chi connectivity index (χ1n) is 7.76. The Balaban J connectivity index is 2.09. The lowest BCUT2D eigenvalue weighted by molar-refractivity contribution is 0.339. The number of hydrogen-bond donors (Lipinski definition) is 1. The van der Waals surface area contributed by atoms with Crippen molar-refractivity contribution in [3.8, 4) is 23.0 Å². The third-order valence-corrected chi connectivity index (χ3v) is 3.74. The molecule has 124 valence electrons. The van der Waals surface area contributed by atoms with Crippen LogP contribution in [0.3, 0.4) is 0 Å². The van der Waals surface area contributed by atoms with E-state index in [1.807, 2.05) is 44.2 Å². The highest BCUT2D eigenvalue weighted by atomic mass is 16.5. The number of fused-ring (bicyclic) bond motifs is 1. The van der Waals surface area contributed by atoms with Crippen LogP contribution >= 0.6 is 0 Å². The van der Waals surface area contributed by atoms with E-state index < -0.39 is 0 Å². The van der Waals surface area contributed by atoms with Crippen molar-refractivity contribution in [2.24, 2.45) is 0 Å². The van der Waals surface area contributed by atoms with Crippen LogP contribution < -0.4 is 19.9 Å². The summed E-state index contributed by atoms with van der Waals surface area (Å²) in [5, 5.41) is 0.850. The van der Waals surface area contributed by atoms with E-state index in [9.17, 15) is 0 Å². The second kappa shape index (κ2) is 6.66. The monoisotopic (exact) mass is 324 g/mol. The SMILES string of the molecule is CCOc1ccc(Oc2c(OC)cc(N)c3nccc(C)c23)cc1. The van der Waals surface area contributed by atoms with Crippen LogP contribution in [0.15, 0.2) is 42.6 Å². The second-order valence-corrected chi connectivity index (χ2v) is 5.36. The molecule has 3 rings (SSSR count). The number of aromatic nitrogens is 1. The fourth-order valence-corrected chi connectivity index (χ4v) is 2.60. The van der Waals surface area contributed by atoms with Crippen molar-refractivity contribution in [2.75, 3.05) is 19.5 Å². The Morgan fingerprint density at radius 1 is 1.08 bits per heavy atom. The minimum Gasteiger partial charge on any atom is -0.494 e. The van der Waals surface area contributed by atoms with E-state index in [-0.39, 0.29) is 0 Å². The Bertz CT molecular complexity index is 861. The minimum atomic E-state index is 0.560. The van der Waals surface area contributed by atoms with Crippen LogP contribution in [0.2, 0.25) is 0 Å². The molecule has 0 atom stereocenters. The number of hydrogen-bond acceptors (Lipinski definition) is 5. The molecule has 0 bridgehead atoms. The van der Waals surface area contributed by atoms with Gasteiger partial charge in [0.1, 0.15) is 11.5 Å². The first kappa shape index (κ1) is 15.9. The largest absolute Gasteiger partial charge is 0.494 e. The molecule has 1 aromatic heterocycles. The molecule has 0 saturated heterocycles. The summed E-state index contributed by atoms with van der Waals surface area (Å²) in [5.41, 5.74) is 8.39. The number of nitrogens with zero attached hydrogens (tertiary/aromatic N) is 1. The minimum absolute atomic E-state index is 0.560. The van der Waals surface area contributed by atoms with Crippen LogP contribution in [0.25, 0.3) is 10.9 Å². The topological polar surface area (TPSA) is 66.6 Å². The molecule has 3 aromatic rings. The zero-order valence-electron chi connectivity index (χ0n) is 14.0. The highest BCUT2D eigenvalue weighted by Crippen LogP contribution is 2.42. The van der Waals surface area contributed by atoms with Gasteiger partial charge in [0.25, 0.3) is 0 Å². The lowest BCUT2D eigenvalue weighted by atomic mass is 10.1. The molecule has 5 nitrogen and oxygen atoms in total. The van der Waals surface area contributed by atoms with E-state index in [4.69, 9.17) is 19.9 Å². The summed E-state index contributed by atoms with van der Waals surface area (Å²) in [5.74, 6) is 2.67. The van der Waals surface area contributed by atoms with Crippen LogP contribution in [-0.2, 0) is 0 Å². The molecule has 0 aliphatic carbocycles. The first-order chi connectivity index (χ1) is 11.6. The molecule has 0 aliphatic heterocycles. The molecule has 1 heterocycles. The van der Waals surface area contributed by atoms with Gasteiger partial charge < -0.3 is 19.9 Å². The van der Waals surface area contributed by atoms with E-state index in [0.29, 0.717) is 35.1 Å². The Hall–Kier alpha value is -2.95. The molecule has 5 heteroatoms. The summed E-state index contributed by atoms with van der Waals surface area (Å²) < 4.78 is 17.0. The van der Waals surface area contributed by atoms with Crippen molar-refractivity contribution in [1.29, 1.82) is 0 Å². The van der Waals surface area contributed by atoms with Gasteiger partial charge in [0.05, 0.1) is 30.3 Å². The fourth-order valence-electron chi connectivity index (χ4n) is 2.60. The van der Waals surface area contributed by atoms with E-state index in [0.717, 1.165) is 16.7 Å². The van der Waals surface area contributed by atoms with Gasteiger partial charge in [0.2, 0.25) is 0 Å². The number of ether oxygens (including phenoxy) is 3. The molecule has 2 N–H and O–H groups in total. The van der Waals surface area contributed by atoms with Gasteiger partial charge in [-0.3, -0.25) is 4.98 Å². The maximum atomic E-state index is 6.11. The average molecular weight is 324 g/mol. The van der Waals surface area contributed by atoms with Gasteiger partial charge in [-0.05, 0) is 49.7 Å². The number of nitrogen functional groups attached to an aromatic ring is 1. The van der Waals surface area contributed by atoms with Crippen molar-refractivity contribution in [1.82, 2.24) is 4.98 Å². The van der Waals surface area contributed by atoms with E-state index in [1.54, 1.807) is 19.4 Å². The molecule has 24 heavy (non-hydrogen) atoms. The van der Waals surface area contributed by atoms with E-state index >= 15 is 0 Å². The van der Waals surface area contributed by atoms with Gasteiger partial charge >= 0.3 is 0 Å². The van der Waals surface area contributed by atoms with Gasteiger partial charge in [-0.1, -0.05) is 0 Å². The number of aryl methyl sites for hydroxylation is 1. The standard InChI is InChI=1S/C19H20N2O3/c1-4-23-13-5-7-14(8-6-13)24-19-16(22-3)11-15(20)18-17(19)12(2)9-10-21-18/h5-11H,4,20H2,1-3H3. The van der Waals surface area contributed by atoms with Crippen LogP contribution in [0.5, 0.6) is 23.0 Å². The van der Waals surface area contributed by atoms with Crippen LogP contribution in [0.1, 0.15) is 12.5 Å². The summed E-state index contributed by atoms with van der Waals surface area (Å²) in [4.78, 5) is 4.38. The zero-order chi connectivity index (χ0) is 17.1. The van der Waals surface area contributed by atoms with Gasteiger partial charge in [-0.25, -0.2) is 0 Å². The van der Waals surface area contributed by atoms with Gasteiger partial charge in [0.15, 0.2) is 11.5 Å². The third-order valence-electron chi connectivity index (χ3n) is 3.74. The summed E-state index contributed by atoms with van der Waals surface area (Å²) in [6, 6.07) is 11.1. The van der Waals surface area contributed by atoms with Gasteiger partial charge in [-0.2, -0.15) is 0 Å². The molecule has 0 amide bonds. The molecular formula is C19H20N2O3. The number of pyridine rings is 1. The van der Waals surface area contributed by atoms with Gasteiger partial charge in [0, 0.05) is 12.3 Å². The quantitative estimate of drug-likeness (QED) is 0.708. The lowest BCUT2D eigenvalue weighted by Crippen LogP contribution is -1.98. The van der Waals surface area contributed by atoms with Crippen molar-refractivity contribution in [2.45, 2.75) is 13.8 Å². The maximum Gasteiger partial charge on any atom is 0.179 e. The Labute approximate surface area is 141 Å². The fraction of sp³-hybridized carbons (Fsp3) is 0.211. The number of anilines is 1.